The van der Waals surface area contributed by atoms with Gasteiger partial charge in [-0.05, 0) is 197 Å². The highest BCUT2D eigenvalue weighted by molar-refractivity contribution is 9.10. The van der Waals surface area contributed by atoms with Crippen LogP contribution < -0.4 is 21.3 Å². The van der Waals surface area contributed by atoms with Gasteiger partial charge in [-0.1, -0.05) is 76.6 Å². The summed E-state index contributed by atoms with van der Waals surface area (Å²) in [4.78, 5) is 28.7. The minimum absolute atomic E-state index is 0.259. The van der Waals surface area contributed by atoms with E-state index < -0.39 is 11.6 Å². The molecule has 0 saturated carbocycles. The topological polar surface area (TPSA) is 86.1 Å². The minimum Gasteiger partial charge on any atom is -0.289 e. The van der Waals surface area contributed by atoms with Crippen molar-refractivity contribution in [2.45, 2.75) is 0 Å². The Labute approximate surface area is 409 Å². The average molecular weight is 991 g/mol. The molecule has 0 N–H and O–H groups in total. The first-order valence-electron chi connectivity index (χ1n) is 22.0. The number of hydrogen-bond donors (Lipinski definition) is 0. The Morgan fingerprint density at radius 1 is 0.394 bits per heavy atom. The third kappa shape index (κ3) is 7.54. The van der Waals surface area contributed by atoms with Gasteiger partial charge in [0.2, 0.25) is 0 Å². The van der Waals surface area contributed by atoms with Gasteiger partial charge >= 0.3 is 0 Å². The van der Waals surface area contributed by atoms with Crippen LogP contribution in [0.3, 0.4) is 0 Å². The molecule has 0 bridgehead atoms. The molecule has 13 rings (SSSR count). The Bertz CT molecular complexity index is 4200. The first kappa shape index (κ1) is 44.2. The van der Waals surface area contributed by atoms with Crippen LogP contribution >= 0.6 is 15.9 Å². The molecule has 71 heavy (non-hydrogen) atoms. The van der Waals surface area contributed by atoms with Crippen molar-refractivity contribution in [2.24, 2.45) is 0 Å². The summed E-state index contributed by atoms with van der Waals surface area (Å²) in [5.74, 6) is -1.58. The number of fused-ring (bicyclic) bond motifs is 12. The predicted molar refractivity (Wildman–Crippen MR) is 274 cm³/mol. The van der Waals surface area contributed by atoms with Crippen molar-refractivity contribution in [3.05, 3.63) is 273 Å². The standard InChI is InChI=1S/C34H16F2N2.C20H8F2O2.C7H4BrN/c1-38-24-10-6-21(7-11-24)34-30-15-23(36)9-13-26(30)28-16-31-27(17-32(28)34)25-12-8-22(35)14-29(25)33(31)20-4-2-19(18-37)3-5-20;21-9-1-3-11-13-7-18-14(8-17(13)19(23)15(11)5-9)12-4-2-10(22)6-16(12)20(18)24;8-7-3-1-6(5-9)2-4-7/h2-17H;1-8H;1-4H. The smallest absolute Gasteiger partial charge is 0.194 e. The fourth-order valence-electron chi connectivity index (χ4n) is 9.82. The molecule has 0 spiro atoms. The van der Waals surface area contributed by atoms with Crippen molar-refractivity contribution in [1.29, 1.82) is 10.5 Å². The Kier molecular flexibility index (Phi) is 10.8. The molecule has 334 valence electrons. The summed E-state index contributed by atoms with van der Waals surface area (Å²) in [5.41, 5.74) is 10.3. The zero-order valence-electron chi connectivity index (χ0n) is 36.7. The number of nitriles is 2. The first-order chi connectivity index (χ1) is 34.4. The van der Waals surface area contributed by atoms with Gasteiger partial charge in [-0.15, -0.1) is 0 Å². The van der Waals surface area contributed by atoms with Gasteiger partial charge in [-0.3, -0.25) is 9.59 Å². The summed E-state index contributed by atoms with van der Waals surface area (Å²) in [5, 5.41) is 23.5. The van der Waals surface area contributed by atoms with Crippen molar-refractivity contribution in [3.8, 4) is 34.4 Å². The Hall–Kier alpha value is -9.27. The second-order valence-electron chi connectivity index (χ2n) is 17.0. The van der Waals surface area contributed by atoms with Crippen LogP contribution in [0.5, 0.6) is 0 Å². The van der Waals surface area contributed by atoms with Crippen LogP contribution in [0.1, 0.15) is 33.4 Å². The summed E-state index contributed by atoms with van der Waals surface area (Å²) in [6.07, 6.45) is 0. The molecule has 0 aromatic heterocycles. The molecule has 11 aromatic carbocycles. The van der Waals surface area contributed by atoms with Crippen LogP contribution in [-0.2, 0) is 0 Å². The molecule has 0 saturated heterocycles. The molecule has 0 radical (unpaired) electrons. The molecule has 5 nitrogen and oxygen atoms in total. The molecular weight excluding hydrogens is 963 g/mol. The van der Waals surface area contributed by atoms with E-state index in [0.717, 1.165) is 70.6 Å². The van der Waals surface area contributed by atoms with Gasteiger partial charge in [0.1, 0.15) is 23.3 Å². The highest BCUT2D eigenvalue weighted by Crippen LogP contribution is 2.41. The van der Waals surface area contributed by atoms with Crippen molar-refractivity contribution in [1.82, 2.24) is 0 Å². The number of rotatable bonds is 2. The Morgan fingerprint density at radius 2 is 0.775 bits per heavy atom. The lowest BCUT2D eigenvalue weighted by atomic mass is 9.96. The quantitative estimate of drug-likeness (QED) is 0.128. The van der Waals surface area contributed by atoms with E-state index in [4.69, 9.17) is 11.8 Å². The van der Waals surface area contributed by atoms with Crippen LogP contribution in [0.4, 0.5) is 23.2 Å². The van der Waals surface area contributed by atoms with Gasteiger partial charge in [-0.2, -0.15) is 10.5 Å². The van der Waals surface area contributed by atoms with Gasteiger partial charge in [0.05, 0.1) is 29.8 Å². The highest BCUT2D eigenvalue weighted by atomic mass is 79.9. The van der Waals surface area contributed by atoms with Crippen LogP contribution in [0.15, 0.2) is 184 Å². The Morgan fingerprint density at radius 3 is 1.20 bits per heavy atom. The van der Waals surface area contributed by atoms with E-state index >= 15 is 0 Å². The third-order valence-electron chi connectivity index (χ3n) is 13.0. The van der Waals surface area contributed by atoms with Crippen molar-refractivity contribution >= 4 is 75.9 Å². The zero-order valence-corrected chi connectivity index (χ0v) is 38.3. The van der Waals surface area contributed by atoms with Gasteiger partial charge in [0.25, 0.3) is 0 Å². The van der Waals surface area contributed by atoms with Crippen LogP contribution in [0.2, 0.25) is 0 Å². The van der Waals surface area contributed by atoms with E-state index in [9.17, 15) is 32.4 Å². The molecule has 0 aliphatic heterocycles. The lowest BCUT2D eigenvalue weighted by molar-refractivity contribution is 0.627. The summed E-state index contributed by atoms with van der Waals surface area (Å²) >= 11 is 3.27. The van der Waals surface area contributed by atoms with Crippen molar-refractivity contribution < 1.29 is 17.6 Å². The van der Waals surface area contributed by atoms with Crippen molar-refractivity contribution in [2.75, 3.05) is 0 Å². The van der Waals surface area contributed by atoms with E-state index in [0.29, 0.717) is 59.9 Å². The molecular formula is C61H28BrF4N3O2. The van der Waals surface area contributed by atoms with Crippen LogP contribution in [0.25, 0.3) is 81.3 Å². The number of hydrogen-bond acceptors (Lipinski definition) is 4. The second kappa shape index (κ2) is 17.4. The van der Waals surface area contributed by atoms with Crippen LogP contribution in [0, 0.1) is 52.5 Å². The van der Waals surface area contributed by atoms with E-state index in [1.54, 1.807) is 84.9 Å². The number of nitrogens with zero attached hydrogens (tertiary/aromatic N) is 3. The minimum atomic E-state index is -0.473. The molecule has 0 unspecified atom stereocenters. The maximum atomic E-state index is 14.5. The predicted octanol–water partition coefficient (Wildman–Crippen LogP) is 13.3. The monoisotopic (exact) mass is 989 g/mol. The largest absolute Gasteiger partial charge is 0.289 e. The molecule has 0 heterocycles. The fourth-order valence-corrected chi connectivity index (χ4v) is 10.1. The molecule has 0 atom stereocenters. The van der Waals surface area contributed by atoms with Crippen molar-refractivity contribution in [3.63, 3.8) is 0 Å². The Balaban J connectivity index is 0.000000140. The summed E-state index contributed by atoms with van der Waals surface area (Å²) in [6.45, 7) is 7.29. The molecule has 11 aromatic rings. The lowest BCUT2D eigenvalue weighted by Crippen LogP contribution is -2.15. The summed E-state index contributed by atoms with van der Waals surface area (Å²) in [7, 11) is 0. The fraction of sp³-hybridized carbons (Fsp3) is 0. The van der Waals surface area contributed by atoms with Crippen LogP contribution in [-0.4, -0.2) is 0 Å². The maximum absolute atomic E-state index is 14.5. The van der Waals surface area contributed by atoms with E-state index in [1.807, 2.05) is 42.5 Å². The van der Waals surface area contributed by atoms with Gasteiger partial charge < -0.3 is 0 Å². The second-order valence-corrected chi connectivity index (χ2v) is 17.9. The van der Waals surface area contributed by atoms with Gasteiger partial charge in [-0.25, -0.2) is 22.4 Å². The molecule has 2 aliphatic carbocycles. The number of benzene rings is 9. The van der Waals surface area contributed by atoms with E-state index in [2.05, 4.69) is 39.0 Å². The lowest BCUT2D eigenvalue weighted by Gasteiger charge is -2.08. The third-order valence-corrected chi connectivity index (χ3v) is 13.5. The molecule has 0 amide bonds. The molecule has 0 fully saturated rings. The summed E-state index contributed by atoms with van der Waals surface area (Å²) in [6, 6.07) is 51.4. The maximum Gasteiger partial charge on any atom is 0.194 e. The summed E-state index contributed by atoms with van der Waals surface area (Å²) < 4.78 is 56.9. The highest BCUT2D eigenvalue weighted by Gasteiger charge is 2.28. The van der Waals surface area contributed by atoms with E-state index in [-0.39, 0.29) is 22.5 Å². The van der Waals surface area contributed by atoms with Gasteiger partial charge in [0, 0.05) is 26.0 Å². The zero-order chi connectivity index (χ0) is 49.2. The molecule has 2 aliphatic rings. The average Bonchev–Trinajstić information content (AvgIpc) is 4.05. The number of halogens is 5. The SMILES string of the molecule is N#Cc1ccc(Br)cc1.O=c1c2cc(F)ccc2c2cc3c(=O)c4cc(F)ccc4c3cc12.[C-]#[N+]c1ccc(C2=c3cc4c(cc3-c3ccc(F)cc32)=C(c2ccc(C#N)cc2)c2cc(F)ccc2-4)cc1. The molecule has 10 heteroatoms. The normalized spacial score (nSPS) is 11.7. The van der Waals surface area contributed by atoms with E-state index in [1.165, 1.54) is 36.4 Å². The van der Waals surface area contributed by atoms with Gasteiger partial charge in [0.15, 0.2) is 16.5 Å². The first-order valence-corrected chi connectivity index (χ1v) is 22.8.